The molecular weight excluding hydrogens is 238 g/mol. The maximum absolute atomic E-state index is 6.03. The summed E-state index contributed by atoms with van der Waals surface area (Å²) in [5.41, 5.74) is 0. The van der Waals surface area contributed by atoms with Crippen LogP contribution < -0.4 is 9.64 Å². The lowest BCUT2D eigenvalue weighted by atomic mass is 10.2. The van der Waals surface area contributed by atoms with Gasteiger partial charge in [0, 0.05) is 12.6 Å². The number of aromatic nitrogens is 2. The van der Waals surface area contributed by atoms with Crippen LogP contribution in [0.3, 0.4) is 0 Å². The summed E-state index contributed by atoms with van der Waals surface area (Å²) in [6.45, 7) is 5.36. The molecule has 1 aliphatic rings. The lowest BCUT2D eigenvalue weighted by Crippen LogP contribution is -2.31. The molecule has 1 aromatic heterocycles. The molecule has 1 aliphatic carbocycles. The lowest BCUT2D eigenvalue weighted by molar-refractivity contribution is 0.409. The van der Waals surface area contributed by atoms with Crippen molar-refractivity contribution in [2.45, 2.75) is 32.7 Å². The van der Waals surface area contributed by atoms with E-state index >= 15 is 0 Å². The van der Waals surface area contributed by atoms with Gasteiger partial charge in [-0.1, -0.05) is 25.4 Å². The molecule has 1 saturated carbocycles. The minimum Gasteiger partial charge on any atom is -0.490 e. The number of nitrogens with zero attached hydrogens (tertiary/aromatic N) is 3. The van der Waals surface area contributed by atoms with Crippen molar-refractivity contribution in [3.05, 3.63) is 11.5 Å². The van der Waals surface area contributed by atoms with Gasteiger partial charge in [0.15, 0.2) is 16.7 Å². The van der Waals surface area contributed by atoms with Crippen LogP contribution in [0.2, 0.25) is 5.15 Å². The van der Waals surface area contributed by atoms with Crippen molar-refractivity contribution in [2.24, 2.45) is 5.92 Å². The van der Waals surface area contributed by atoms with E-state index in [-0.39, 0.29) is 0 Å². The van der Waals surface area contributed by atoms with Crippen LogP contribution in [0.25, 0.3) is 0 Å². The highest BCUT2D eigenvalue weighted by molar-refractivity contribution is 6.31. The van der Waals surface area contributed by atoms with Gasteiger partial charge in [-0.3, -0.25) is 0 Å². The van der Waals surface area contributed by atoms with Gasteiger partial charge in [0.2, 0.25) is 0 Å². The van der Waals surface area contributed by atoms with Gasteiger partial charge >= 0.3 is 0 Å². The van der Waals surface area contributed by atoms with Crippen LogP contribution >= 0.6 is 11.6 Å². The summed E-state index contributed by atoms with van der Waals surface area (Å²) in [5, 5.41) is 0.381. The molecule has 1 fully saturated rings. The van der Waals surface area contributed by atoms with Crippen LogP contribution in [-0.4, -0.2) is 29.7 Å². The summed E-state index contributed by atoms with van der Waals surface area (Å²) < 4.78 is 5.32. The van der Waals surface area contributed by atoms with Crippen LogP contribution in [0, 0.1) is 5.92 Å². The fourth-order valence-electron chi connectivity index (χ4n) is 1.91. The molecule has 0 N–H and O–H groups in total. The van der Waals surface area contributed by atoms with E-state index in [1.807, 2.05) is 0 Å². The van der Waals surface area contributed by atoms with E-state index in [1.54, 1.807) is 7.11 Å². The average Bonchev–Trinajstić information content (AvgIpc) is 3.09. The van der Waals surface area contributed by atoms with Gasteiger partial charge < -0.3 is 9.64 Å². The smallest absolute Gasteiger partial charge is 0.199 e. The summed E-state index contributed by atoms with van der Waals surface area (Å²) >= 11 is 6.03. The van der Waals surface area contributed by atoms with Crippen LogP contribution in [0.1, 0.15) is 26.7 Å². The fraction of sp³-hybridized carbons (Fsp3) is 0.667. The molecule has 0 bridgehead atoms. The summed E-state index contributed by atoms with van der Waals surface area (Å²) in [6, 6.07) is 0.581. The van der Waals surface area contributed by atoms with Crippen LogP contribution in [0.4, 0.5) is 5.82 Å². The second-order valence-corrected chi connectivity index (χ2v) is 5.16. The van der Waals surface area contributed by atoms with E-state index in [2.05, 4.69) is 28.7 Å². The molecule has 0 unspecified atom stereocenters. The number of hydrogen-bond donors (Lipinski definition) is 0. The van der Waals surface area contributed by atoms with Crippen molar-refractivity contribution in [3.63, 3.8) is 0 Å². The predicted octanol–water partition coefficient (Wildman–Crippen LogP) is 2.76. The Hall–Kier alpha value is -1.03. The molecule has 1 aromatic rings. The van der Waals surface area contributed by atoms with Crippen LogP contribution in [-0.2, 0) is 0 Å². The van der Waals surface area contributed by atoms with Crippen molar-refractivity contribution >= 4 is 17.4 Å². The summed E-state index contributed by atoms with van der Waals surface area (Å²) in [7, 11) is 1.61. The first-order chi connectivity index (χ1) is 8.13. The van der Waals surface area contributed by atoms with E-state index in [0.717, 1.165) is 12.4 Å². The predicted molar refractivity (Wildman–Crippen MR) is 68.8 cm³/mol. The number of methoxy groups -OCH3 is 1. The fourth-order valence-corrected chi connectivity index (χ4v) is 2.12. The highest BCUT2D eigenvalue weighted by atomic mass is 35.5. The van der Waals surface area contributed by atoms with Crippen molar-refractivity contribution in [1.82, 2.24) is 9.97 Å². The molecule has 0 radical (unpaired) electrons. The summed E-state index contributed by atoms with van der Waals surface area (Å²) in [4.78, 5) is 10.6. The first-order valence-electron chi connectivity index (χ1n) is 5.94. The van der Waals surface area contributed by atoms with E-state index in [0.29, 0.717) is 22.9 Å². The number of anilines is 1. The van der Waals surface area contributed by atoms with Crippen LogP contribution in [0.5, 0.6) is 5.75 Å². The standard InChI is InChI=1S/C12H18ClN3O/c1-8(2)6-16(9-4-5-9)12-10(17-3)11(13)14-7-15-12/h7-9H,4-6H2,1-3H3. The molecule has 0 atom stereocenters. The quantitative estimate of drug-likeness (QED) is 0.759. The Morgan fingerprint density at radius 1 is 1.47 bits per heavy atom. The Morgan fingerprint density at radius 2 is 2.18 bits per heavy atom. The van der Waals surface area contributed by atoms with Gasteiger partial charge in [-0.2, -0.15) is 0 Å². The maximum atomic E-state index is 6.03. The van der Waals surface area contributed by atoms with Crippen LogP contribution in [0.15, 0.2) is 6.33 Å². The SMILES string of the molecule is COc1c(Cl)ncnc1N(CC(C)C)C1CC1. The molecule has 2 rings (SSSR count). The number of ether oxygens (including phenoxy) is 1. The topological polar surface area (TPSA) is 38.3 Å². The molecule has 0 aromatic carbocycles. The van der Waals surface area contributed by atoms with Crippen molar-refractivity contribution in [2.75, 3.05) is 18.6 Å². The lowest BCUT2D eigenvalue weighted by Gasteiger charge is -2.26. The Morgan fingerprint density at radius 3 is 2.71 bits per heavy atom. The maximum Gasteiger partial charge on any atom is 0.199 e. The van der Waals surface area contributed by atoms with Crippen molar-refractivity contribution < 1.29 is 4.74 Å². The second kappa shape index (κ2) is 5.08. The third-order valence-corrected chi connectivity index (χ3v) is 3.04. The Balaban J connectivity index is 2.31. The normalized spacial score (nSPS) is 15.1. The number of hydrogen-bond acceptors (Lipinski definition) is 4. The van der Waals surface area contributed by atoms with Gasteiger partial charge in [0.05, 0.1) is 7.11 Å². The number of halogens is 1. The highest BCUT2D eigenvalue weighted by Gasteiger charge is 2.32. The zero-order valence-corrected chi connectivity index (χ0v) is 11.2. The zero-order chi connectivity index (χ0) is 12.4. The largest absolute Gasteiger partial charge is 0.490 e. The second-order valence-electron chi connectivity index (χ2n) is 4.80. The van der Waals surface area contributed by atoms with Gasteiger partial charge in [-0.25, -0.2) is 9.97 Å². The molecule has 0 spiro atoms. The first-order valence-corrected chi connectivity index (χ1v) is 6.32. The Bertz CT molecular complexity index is 393. The number of rotatable bonds is 5. The van der Waals surface area contributed by atoms with Gasteiger partial charge in [-0.15, -0.1) is 0 Å². The van der Waals surface area contributed by atoms with Gasteiger partial charge in [0.25, 0.3) is 0 Å². The van der Waals surface area contributed by atoms with E-state index in [1.165, 1.54) is 19.2 Å². The van der Waals surface area contributed by atoms with E-state index in [9.17, 15) is 0 Å². The van der Waals surface area contributed by atoms with Gasteiger partial charge in [-0.05, 0) is 18.8 Å². The third-order valence-electron chi connectivity index (χ3n) is 2.77. The molecule has 5 heteroatoms. The van der Waals surface area contributed by atoms with Crippen molar-refractivity contribution in [1.29, 1.82) is 0 Å². The minimum atomic E-state index is 0.381. The Kier molecular flexibility index (Phi) is 3.72. The molecule has 4 nitrogen and oxygen atoms in total. The van der Waals surface area contributed by atoms with Crippen molar-refractivity contribution in [3.8, 4) is 5.75 Å². The molecule has 17 heavy (non-hydrogen) atoms. The first kappa shape index (κ1) is 12.4. The molecular formula is C12H18ClN3O. The monoisotopic (exact) mass is 255 g/mol. The highest BCUT2D eigenvalue weighted by Crippen LogP contribution is 2.38. The van der Waals surface area contributed by atoms with Gasteiger partial charge in [0.1, 0.15) is 6.33 Å². The third kappa shape index (κ3) is 2.80. The molecule has 94 valence electrons. The molecule has 0 amide bonds. The van der Waals surface area contributed by atoms with E-state index < -0.39 is 0 Å². The summed E-state index contributed by atoms with van der Waals surface area (Å²) in [5.74, 6) is 1.99. The average molecular weight is 256 g/mol. The Labute approximate surface area is 107 Å². The summed E-state index contributed by atoms with van der Waals surface area (Å²) in [6.07, 6.45) is 3.94. The minimum absolute atomic E-state index is 0.381. The molecule has 0 saturated heterocycles. The van der Waals surface area contributed by atoms with E-state index in [4.69, 9.17) is 16.3 Å². The molecule has 1 heterocycles. The molecule has 0 aliphatic heterocycles. The zero-order valence-electron chi connectivity index (χ0n) is 10.5.